The first-order chi connectivity index (χ1) is 9.67. The molecule has 0 saturated carbocycles. The lowest BCUT2D eigenvalue weighted by Gasteiger charge is -2.09. The molecule has 0 spiro atoms. The molecule has 1 heterocycles. The molecule has 20 heavy (non-hydrogen) atoms. The number of oxazole rings is 1. The number of methoxy groups -OCH3 is 2. The molecule has 0 aliphatic carbocycles. The molecule has 0 N–H and O–H groups in total. The van der Waals surface area contributed by atoms with Gasteiger partial charge in [0.1, 0.15) is 17.2 Å². The number of hydrogen-bond acceptors (Lipinski definition) is 5. The molecule has 0 unspecified atom stereocenters. The summed E-state index contributed by atoms with van der Waals surface area (Å²) in [6, 6.07) is 5.67. The van der Waals surface area contributed by atoms with Gasteiger partial charge in [-0.3, -0.25) is 0 Å². The molecule has 0 amide bonds. The van der Waals surface area contributed by atoms with Gasteiger partial charge >= 0.3 is 5.95 Å². The van der Waals surface area contributed by atoms with Gasteiger partial charge in [0, 0.05) is 18.9 Å². The third kappa shape index (κ3) is 3.04. The van der Waals surface area contributed by atoms with Crippen LogP contribution in [-0.2, 0) is 6.42 Å². The molecule has 2 aromatic rings. The van der Waals surface area contributed by atoms with Crippen molar-refractivity contribution in [1.29, 1.82) is 0 Å². The maximum absolute atomic E-state index is 5.46. The number of rotatable bonds is 6. The highest BCUT2D eigenvalue weighted by Gasteiger charge is 2.15. The van der Waals surface area contributed by atoms with Crippen LogP contribution in [0.2, 0.25) is 0 Å². The quantitative estimate of drug-likeness (QED) is 0.812. The Morgan fingerprint density at radius 1 is 1.20 bits per heavy atom. The second-order valence-electron chi connectivity index (χ2n) is 4.25. The second kappa shape index (κ2) is 6.32. The molecule has 1 aromatic carbocycles. The summed E-state index contributed by atoms with van der Waals surface area (Å²) in [5.41, 5.74) is 1.73. The molecule has 108 valence electrons. The molecular weight excluding hydrogens is 258 g/mol. The van der Waals surface area contributed by atoms with Crippen molar-refractivity contribution in [1.82, 2.24) is 4.98 Å². The van der Waals surface area contributed by atoms with Gasteiger partial charge in [0.15, 0.2) is 5.89 Å². The fraction of sp³-hybridized carbons (Fsp3) is 0.400. The van der Waals surface area contributed by atoms with Crippen LogP contribution in [-0.4, -0.2) is 25.8 Å². The predicted molar refractivity (Wildman–Crippen MR) is 74.8 cm³/mol. The Kier molecular flexibility index (Phi) is 4.50. The Morgan fingerprint density at radius 3 is 2.65 bits per heavy atom. The normalized spacial score (nSPS) is 10.4. The molecule has 1 aromatic heterocycles. The molecule has 0 radical (unpaired) electrons. The largest absolute Gasteiger partial charge is 0.497 e. The third-order valence-electron chi connectivity index (χ3n) is 2.89. The SMILES string of the molecule is CCOc1oc(C)nc1Cc1cc(OC)ccc1OC. The number of aryl methyl sites for hydroxylation is 1. The molecule has 0 aliphatic rings. The van der Waals surface area contributed by atoms with Crippen LogP contribution in [0.3, 0.4) is 0 Å². The van der Waals surface area contributed by atoms with Crippen LogP contribution in [0, 0.1) is 6.92 Å². The van der Waals surface area contributed by atoms with Gasteiger partial charge in [-0.1, -0.05) is 0 Å². The van der Waals surface area contributed by atoms with Crippen LogP contribution >= 0.6 is 0 Å². The number of aromatic nitrogens is 1. The summed E-state index contributed by atoms with van der Waals surface area (Å²) in [5.74, 6) is 2.62. The van der Waals surface area contributed by atoms with E-state index in [-0.39, 0.29) is 0 Å². The van der Waals surface area contributed by atoms with Crippen molar-refractivity contribution in [2.45, 2.75) is 20.3 Å². The summed E-state index contributed by atoms with van der Waals surface area (Å²) in [4.78, 5) is 4.37. The predicted octanol–water partition coefficient (Wildman–Crippen LogP) is 2.99. The summed E-state index contributed by atoms with van der Waals surface area (Å²) >= 11 is 0. The van der Waals surface area contributed by atoms with E-state index in [1.54, 1.807) is 21.1 Å². The maximum Gasteiger partial charge on any atom is 0.308 e. The van der Waals surface area contributed by atoms with Crippen LogP contribution in [0.1, 0.15) is 24.1 Å². The van der Waals surface area contributed by atoms with E-state index < -0.39 is 0 Å². The highest BCUT2D eigenvalue weighted by atomic mass is 16.6. The Bertz CT molecular complexity index is 577. The minimum atomic E-state index is 0.467. The molecule has 5 heteroatoms. The lowest BCUT2D eigenvalue weighted by atomic mass is 10.1. The van der Waals surface area contributed by atoms with Crippen molar-refractivity contribution in [2.24, 2.45) is 0 Å². The molecule has 0 aliphatic heterocycles. The first kappa shape index (κ1) is 14.2. The summed E-state index contributed by atoms with van der Waals surface area (Å²) in [6.07, 6.45) is 0.563. The van der Waals surface area contributed by atoms with Gasteiger partial charge in [-0.25, -0.2) is 4.98 Å². The van der Waals surface area contributed by atoms with E-state index >= 15 is 0 Å². The van der Waals surface area contributed by atoms with Crippen molar-refractivity contribution in [3.63, 3.8) is 0 Å². The summed E-state index contributed by atoms with van der Waals surface area (Å²) < 4.78 is 21.5. The summed E-state index contributed by atoms with van der Waals surface area (Å²) in [7, 11) is 3.28. The lowest BCUT2D eigenvalue weighted by Crippen LogP contribution is -1.99. The van der Waals surface area contributed by atoms with Crippen molar-refractivity contribution in [3.8, 4) is 17.4 Å². The molecule has 2 rings (SSSR count). The van der Waals surface area contributed by atoms with Crippen molar-refractivity contribution in [2.75, 3.05) is 20.8 Å². The zero-order chi connectivity index (χ0) is 14.5. The van der Waals surface area contributed by atoms with E-state index in [0.29, 0.717) is 24.9 Å². The molecule has 5 nitrogen and oxygen atoms in total. The number of benzene rings is 1. The first-order valence-corrected chi connectivity index (χ1v) is 6.48. The molecule has 0 fully saturated rings. The van der Waals surface area contributed by atoms with Gasteiger partial charge in [0.05, 0.1) is 20.8 Å². The number of nitrogens with zero attached hydrogens (tertiary/aromatic N) is 1. The summed E-state index contributed by atoms with van der Waals surface area (Å²) in [5, 5.41) is 0. The van der Waals surface area contributed by atoms with Crippen molar-refractivity contribution >= 4 is 0 Å². The van der Waals surface area contributed by atoms with E-state index in [0.717, 1.165) is 22.8 Å². The Balaban J connectivity index is 2.33. The summed E-state index contributed by atoms with van der Waals surface area (Å²) in [6.45, 7) is 4.25. The minimum absolute atomic E-state index is 0.467. The Labute approximate surface area is 118 Å². The average Bonchev–Trinajstić information content (AvgIpc) is 2.79. The lowest BCUT2D eigenvalue weighted by molar-refractivity contribution is 0.250. The zero-order valence-corrected chi connectivity index (χ0v) is 12.2. The minimum Gasteiger partial charge on any atom is -0.497 e. The van der Waals surface area contributed by atoms with E-state index in [2.05, 4.69) is 4.98 Å². The average molecular weight is 277 g/mol. The van der Waals surface area contributed by atoms with Crippen LogP contribution in [0.25, 0.3) is 0 Å². The van der Waals surface area contributed by atoms with Gasteiger partial charge in [0.2, 0.25) is 0 Å². The van der Waals surface area contributed by atoms with Crippen LogP contribution < -0.4 is 14.2 Å². The van der Waals surface area contributed by atoms with Gasteiger partial charge in [-0.05, 0) is 25.1 Å². The molecular formula is C15H19NO4. The van der Waals surface area contributed by atoms with E-state index in [9.17, 15) is 0 Å². The van der Waals surface area contributed by atoms with E-state index in [4.69, 9.17) is 18.6 Å². The molecule has 0 bridgehead atoms. The third-order valence-corrected chi connectivity index (χ3v) is 2.89. The Morgan fingerprint density at radius 2 is 2.00 bits per heavy atom. The fourth-order valence-electron chi connectivity index (χ4n) is 2.01. The molecule has 0 saturated heterocycles. The van der Waals surface area contributed by atoms with Crippen molar-refractivity contribution < 1.29 is 18.6 Å². The van der Waals surface area contributed by atoms with Crippen LogP contribution in [0.4, 0.5) is 0 Å². The highest BCUT2D eigenvalue weighted by Crippen LogP contribution is 2.29. The Hall–Kier alpha value is -2.17. The highest BCUT2D eigenvalue weighted by molar-refractivity contribution is 5.43. The van der Waals surface area contributed by atoms with E-state index in [1.807, 2.05) is 25.1 Å². The number of ether oxygens (including phenoxy) is 3. The van der Waals surface area contributed by atoms with Gasteiger partial charge in [-0.15, -0.1) is 0 Å². The maximum atomic E-state index is 5.46. The van der Waals surface area contributed by atoms with Crippen LogP contribution in [0.15, 0.2) is 22.6 Å². The van der Waals surface area contributed by atoms with Gasteiger partial charge < -0.3 is 18.6 Å². The number of hydrogen-bond donors (Lipinski definition) is 0. The standard InChI is InChI=1S/C15H19NO4/c1-5-19-15-13(16-10(2)20-15)9-11-8-12(17-3)6-7-14(11)18-4/h6-8H,5,9H2,1-4H3. The van der Waals surface area contributed by atoms with Crippen molar-refractivity contribution in [3.05, 3.63) is 35.3 Å². The van der Waals surface area contributed by atoms with E-state index in [1.165, 1.54) is 0 Å². The topological polar surface area (TPSA) is 53.7 Å². The van der Waals surface area contributed by atoms with Gasteiger partial charge in [0.25, 0.3) is 0 Å². The van der Waals surface area contributed by atoms with Gasteiger partial charge in [-0.2, -0.15) is 0 Å². The second-order valence-corrected chi connectivity index (χ2v) is 4.25. The zero-order valence-electron chi connectivity index (χ0n) is 12.2. The molecule has 0 atom stereocenters. The first-order valence-electron chi connectivity index (χ1n) is 6.48. The monoisotopic (exact) mass is 277 g/mol. The fourth-order valence-corrected chi connectivity index (χ4v) is 2.01. The van der Waals surface area contributed by atoms with Crippen LogP contribution in [0.5, 0.6) is 17.4 Å². The smallest absolute Gasteiger partial charge is 0.308 e.